The minimum atomic E-state index is 0.698. The van der Waals surface area contributed by atoms with Crippen LogP contribution in [0.2, 0.25) is 0 Å². The molecule has 2 heterocycles. The highest BCUT2D eigenvalue weighted by molar-refractivity contribution is 5.63. The lowest BCUT2D eigenvalue weighted by molar-refractivity contribution is 0.266. The van der Waals surface area contributed by atoms with E-state index in [1.807, 2.05) is 23.7 Å². The number of hydrogen-bond donors (Lipinski definition) is 0. The number of hydrogen-bond acceptors (Lipinski definition) is 4. The Labute approximate surface area is 171 Å². The van der Waals surface area contributed by atoms with Crippen molar-refractivity contribution in [3.8, 4) is 16.9 Å². The van der Waals surface area contributed by atoms with Crippen LogP contribution in [0.15, 0.2) is 65.3 Å². The number of nitrogens with zero attached hydrogens (tertiary/aromatic N) is 4. The first kappa shape index (κ1) is 19.2. The van der Waals surface area contributed by atoms with E-state index < -0.39 is 0 Å². The fourth-order valence-corrected chi connectivity index (χ4v) is 3.56. The maximum absolute atomic E-state index is 5.38. The van der Waals surface area contributed by atoms with E-state index in [1.54, 1.807) is 0 Å². The van der Waals surface area contributed by atoms with Gasteiger partial charge in [-0.2, -0.15) is 5.10 Å². The van der Waals surface area contributed by atoms with E-state index in [-0.39, 0.29) is 0 Å². The van der Waals surface area contributed by atoms with Gasteiger partial charge in [0, 0.05) is 29.9 Å². The van der Waals surface area contributed by atoms with E-state index >= 15 is 0 Å². The molecule has 0 saturated heterocycles. The highest BCUT2D eigenvalue weighted by atomic mass is 16.5. The average molecular weight is 386 g/mol. The van der Waals surface area contributed by atoms with Crippen LogP contribution >= 0.6 is 0 Å². The van der Waals surface area contributed by atoms with Gasteiger partial charge in [-0.05, 0) is 45.0 Å². The molecule has 0 radical (unpaired) electrons. The van der Waals surface area contributed by atoms with Crippen LogP contribution in [0.5, 0.6) is 0 Å². The van der Waals surface area contributed by atoms with Crippen LogP contribution in [0, 0.1) is 20.8 Å². The summed E-state index contributed by atoms with van der Waals surface area (Å²) in [5.74, 6) is 0.869. The van der Waals surface area contributed by atoms with Gasteiger partial charge >= 0.3 is 0 Å². The largest absolute Gasteiger partial charge is 0.360 e. The monoisotopic (exact) mass is 386 g/mol. The Morgan fingerprint density at radius 2 is 1.76 bits per heavy atom. The van der Waals surface area contributed by atoms with Gasteiger partial charge in [-0.25, -0.2) is 4.68 Å². The maximum atomic E-state index is 5.38. The summed E-state index contributed by atoms with van der Waals surface area (Å²) in [4.78, 5) is 2.22. The predicted octanol–water partition coefficient (Wildman–Crippen LogP) is 5.08. The van der Waals surface area contributed by atoms with E-state index in [0.717, 1.165) is 34.9 Å². The molecule has 0 aliphatic carbocycles. The quantitative estimate of drug-likeness (QED) is 0.463. The molecule has 0 unspecified atom stereocenters. The van der Waals surface area contributed by atoms with Crippen molar-refractivity contribution >= 4 is 0 Å². The Kier molecular flexibility index (Phi) is 5.32. The molecule has 5 nitrogen and oxygen atoms in total. The van der Waals surface area contributed by atoms with Gasteiger partial charge in [0.25, 0.3) is 0 Å². The van der Waals surface area contributed by atoms with E-state index in [2.05, 4.69) is 79.6 Å². The van der Waals surface area contributed by atoms with Crippen molar-refractivity contribution in [1.29, 1.82) is 0 Å². The summed E-state index contributed by atoms with van der Waals surface area (Å²) in [6.45, 7) is 7.63. The third-order valence-corrected chi connectivity index (χ3v) is 4.99. The maximum Gasteiger partial charge on any atom is 0.150 e. The fraction of sp³-hybridized carbons (Fsp3) is 0.250. The zero-order valence-corrected chi connectivity index (χ0v) is 17.4. The smallest absolute Gasteiger partial charge is 0.150 e. The van der Waals surface area contributed by atoms with Crippen molar-refractivity contribution in [3.05, 3.63) is 88.9 Å². The Balaban J connectivity index is 1.69. The second-order valence-corrected chi connectivity index (χ2v) is 7.71. The Morgan fingerprint density at radius 3 is 2.48 bits per heavy atom. The van der Waals surface area contributed by atoms with Gasteiger partial charge in [0.15, 0.2) is 5.76 Å². The molecule has 0 bridgehead atoms. The summed E-state index contributed by atoms with van der Waals surface area (Å²) in [7, 11) is 2.09. The molecular formula is C24H26N4O. The van der Waals surface area contributed by atoms with Gasteiger partial charge in [-0.15, -0.1) is 0 Å². The number of benzene rings is 2. The average Bonchev–Trinajstić information content (AvgIpc) is 3.30. The summed E-state index contributed by atoms with van der Waals surface area (Å²) in [6, 6.07) is 18.8. The molecule has 0 amide bonds. The third kappa shape index (κ3) is 4.30. The lowest BCUT2D eigenvalue weighted by atomic mass is 10.1. The molecule has 0 fully saturated rings. The van der Waals surface area contributed by atoms with Crippen molar-refractivity contribution in [2.75, 3.05) is 7.05 Å². The standard InChI is InChI=1S/C24H26N4O/c1-17-10-11-18(2)23(12-17)28-15-21(24(25-28)20-8-6-5-7-9-20)14-27(4)16-22-13-19(3)26-29-22/h5-13,15H,14,16H2,1-4H3. The molecule has 148 valence electrons. The first-order chi connectivity index (χ1) is 14.0. The lowest BCUT2D eigenvalue weighted by Crippen LogP contribution is -2.17. The molecule has 29 heavy (non-hydrogen) atoms. The van der Waals surface area contributed by atoms with Crippen LogP contribution in [0.4, 0.5) is 0 Å². The highest BCUT2D eigenvalue weighted by Crippen LogP contribution is 2.26. The predicted molar refractivity (Wildman–Crippen MR) is 115 cm³/mol. The molecule has 5 heteroatoms. The second-order valence-electron chi connectivity index (χ2n) is 7.71. The van der Waals surface area contributed by atoms with E-state index in [4.69, 9.17) is 9.62 Å². The topological polar surface area (TPSA) is 47.1 Å². The van der Waals surface area contributed by atoms with E-state index in [9.17, 15) is 0 Å². The van der Waals surface area contributed by atoms with Gasteiger partial charge in [-0.1, -0.05) is 47.6 Å². The van der Waals surface area contributed by atoms with E-state index in [1.165, 1.54) is 16.7 Å². The summed E-state index contributed by atoms with van der Waals surface area (Å²) < 4.78 is 7.38. The van der Waals surface area contributed by atoms with Gasteiger partial charge in [0.05, 0.1) is 23.6 Å². The highest BCUT2D eigenvalue weighted by Gasteiger charge is 2.16. The Hall–Kier alpha value is -3.18. The van der Waals surface area contributed by atoms with E-state index in [0.29, 0.717) is 6.54 Å². The first-order valence-corrected chi connectivity index (χ1v) is 9.82. The number of rotatable bonds is 6. The molecule has 4 rings (SSSR count). The summed E-state index contributed by atoms with van der Waals surface area (Å²) >= 11 is 0. The van der Waals surface area contributed by atoms with Crippen molar-refractivity contribution in [1.82, 2.24) is 19.8 Å². The number of aromatic nitrogens is 3. The molecule has 0 spiro atoms. The molecule has 0 saturated carbocycles. The molecule has 0 aliphatic rings. The normalized spacial score (nSPS) is 11.3. The van der Waals surface area contributed by atoms with Crippen molar-refractivity contribution < 1.29 is 4.52 Å². The number of aryl methyl sites for hydroxylation is 3. The zero-order chi connectivity index (χ0) is 20.4. The first-order valence-electron chi connectivity index (χ1n) is 9.82. The van der Waals surface area contributed by atoms with Gasteiger partial charge in [-0.3, -0.25) is 4.90 Å². The van der Waals surface area contributed by atoms with Gasteiger partial charge in [0.2, 0.25) is 0 Å². The Morgan fingerprint density at radius 1 is 0.966 bits per heavy atom. The summed E-state index contributed by atoms with van der Waals surface area (Å²) in [5, 5.41) is 8.96. The molecule has 0 N–H and O–H groups in total. The summed E-state index contributed by atoms with van der Waals surface area (Å²) in [6.07, 6.45) is 2.15. The van der Waals surface area contributed by atoms with Crippen LogP contribution in [0.1, 0.15) is 28.1 Å². The molecule has 4 aromatic rings. The SMILES string of the molecule is Cc1ccc(C)c(-n2cc(CN(C)Cc3cc(C)no3)c(-c3ccccc3)n2)c1. The van der Waals surface area contributed by atoms with Gasteiger partial charge < -0.3 is 4.52 Å². The molecule has 2 aromatic carbocycles. The minimum Gasteiger partial charge on any atom is -0.360 e. The third-order valence-electron chi connectivity index (χ3n) is 4.99. The molecule has 2 aromatic heterocycles. The zero-order valence-electron chi connectivity index (χ0n) is 17.4. The fourth-order valence-electron chi connectivity index (χ4n) is 3.56. The molecule has 0 aliphatic heterocycles. The van der Waals surface area contributed by atoms with Crippen molar-refractivity contribution in [3.63, 3.8) is 0 Å². The van der Waals surface area contributed by atoms with Gasteiger partial charge in [0.1, 0.15) is 0 Å². The van der Waals surface area contributed by atoms with Crippen LogP contribution in [-0.4, -0.2) is 26.9 Å². The van der Waals surface area contributed by atoms with Crippen LogP contribution in [0.3, 0.4) is 0 Å². The minimum absolute atomic E-state index is 0.698. The molecular weight excluding hydrogens is 360 g/mol. The lowest BCUT2D eigenvalue weighted by Gasteiger charge is -2.14. The van der Waals surface area contributed by atoms with Crippen LogP contribution < -0.4 is 0 Å². The van der Waals surface area contributed by atoms with Crippen molar-refractivity contribution in [2.45, 2.75) is 33.9 Å². The van der Waals surface area contributed by atoms with Crippen molar-refractivity contribution in [2.24, 2.45) is 0 Å². The van der Waals surface area contributed by atoms with Crippen LogP contribution in [-0.2, 0) is 13.1 Å². The van der Waals surface area contributed by atoms with Crippen LogP contribution in [0.25, 0.3) is 16.9 Å². The second kappa shape index (κ2) is 8.05. The molecule has 0 atom stereocenters. The summed E-state index contributed by atoms with van der Waals surface area (Å²) in [5.41, 5.74) is 7.75. The Bertz CT molecular complexity index is 1110.